The summed E-state index contributed by atoms with van der Waals surface area (Å²) < 4.78 is 5.25. The molecule has 35 heavy (non-hydrogen) atoms. The first-order chi connectivity index (χ1) is 16.5. The summed E-state index contributed by atoms with van der Waals surface area (Å²) in [6.07, 6.45) is 0.197. The zero-order chi connectivity index (χ0) is 26.1. The van der Waals surface area contributed by atoms with E-state index in [4.69, 9.17) is 16.2 Å². The minimum atomic E-state index is -0.937. The molecule has 5 N–H and O–H groups in total. The maximum Gasteiger partial charge on any atom is 0.271 e. The van der Waals surface area contributed by atoms with Gasteiger partial charge in [-0.3, -0.25) is 14.4 Å². The molecule has 0 fully saturated rings. The van der Waals surface area contributed by atoms with Crippen LogP contribution in [0, 0.1) is 0 Å². The number of nitrogens with one attached hydrogen (secondary N) is 1. The van der Waals surface area contributed by atoms with Crippen molar-refractivity contribution in [1.82, 2.24) is 10.2 Å². The van der Waals surface area contributed by atoms with Gasteiger partial charge in [0.15, 0.2) is 11.1 Å². The van der Waals surface area contributed by atoms with Gasteiger partial charge in [0.05, 0.1) is 13.0 Å². The molecule has 2 atom stereocenters. The summed E-state index contributed by atoms with van der Waals surface area (Å²) in [7, 11) is 4.95. The molecule has 188 valence electrons. The van der Waals surface area contributed by atoms with Gasteiger partial charge in [-0.05, 0) is 34.9 Å². The lowest BCUT2D eigenvalue weighted by Gasteiger charge is -2.15. The van der Waals surface area contributed by atoms with Gasteiger partial charge < -0.3 is 26.4 Å². The van der Waals surface area contributed by atoms with E-state index < -0.39 is 17.9 Å². The molecule has 0 bridgehead atoms. The molecule has 0 spiro atoms. The zero-order valence-corrected chi connectivity index (χ0v) is 21.4. The third-order valence-electron chi connectivity index (χ3n) is 5.16. The Morgan fingerprint density at radius 3 is 2.37 bits per heavy atom. The van der Waals surface area contributed by atoms with Crippen LogP contribution in [0.2, 0.25) is 0 Å². The van der Waals surface area contributed by atoms with Gasteiger partial charge in [-0.1, -0.05) is 43.0 Å². The van der Waals surface area contributed by atoms with Crippen molar-refractivity contribution in [2.75, 3.05) is 27.0 Å². The summed E-state index contributed by atoms with van der Waals surface area (Å²) in [4.78, 5) is 46.0. The maximum absolute atomic E-state index is 12.8. The van der Waals surface area contributed by atoms with Crippen LogP contribution >= 0.6 is 11.8 Å². The molecule has 0 aliphatic carbocycles. The number of hydrogen-bond acceptors (Lipinski definition) is 5. The maximum atomic E-state index is 12.8. The van der Waals surface area contributed by atoms with E-state index >= 15 is 0 Å². The van der Waals surface area contributed by atoms with Crippen molar-refractivity contribution >= 4 is 51.4 Å². The van der Waals surface area contributed by atoms with Gasteiger partial charge in [-0.25, -0.2) is 0 Å². The summed E-state index contributed by atoms with van der Waals surface area (Å²) in [6, 6.07) is 10.7. The number of carbonyl (C=O) groups is 3. The molecule has 2 aromatic carbocycles. The van der Waals surface area contributed by atoms with Crippen molar-refractivity contribution in [3.63, 3.8) is 0 Å². The second-order valence-corrected chi connectivity index (χ2v) is 9.18. The molecule has 0 aliphatic rings. The van der Waals surface area contributed by atoms with Crippen molar-refractivity contribution in [2.24, 2.45) is 21.5 Å². The van der Waals surface area contributed by atoms with E-state index in [0.29, 0.717) is 5.75 Å². The van der Waals surface area contributed by atoms with Crippen molar-refractivity contribution in [3.8, 4) is 5.75 Å². The Bertz CT molecular complexity index is 1150. The molecule has 2 amide bonds. The number of benzene rings is 2. The summed E-state index contributed by atoms with van der Waals surface area (Å²) >= 11 is 1.10. The highest BCUT2D eigenvalue weighted by atomic mass is 32.2. The Labute approximate surface area is 209 Å². The van der Waals surface area contributed by atoms with E-state index in [-0.39, 0.29) is 29.4 Å². The fourth-order valence-corrected chi connectivity index (χ4v) is 4.05. The molecule has 0 aromatic heterocycles. The second-order valence-electron chi connectivity index (χ2n) is 8.08. The van der Waals surface area contributed by atoms with Crippen LogP contribution in [0.15, 0.2) is 46.4 Å². The van der Waals surface area contributed by atoms with Crippen molar-refractivity contribution in [1.29, 1.82) is 0 Å². The van der Waals surface area contributed by atoms with Gasteiger partial charge >= 0.3 is 0 Å². The average molecular weight is 501 g/mol. The highest BCUT2D eigenvalue weighted by Crippen LogP contribution is 2.28. The van der Waals surface area contributed by atoms with Gasteiger partial charge in [0, 0.05) is 26.8 Å². The summed E-state index contributed by atoms with van der Waals surface area (Å²) in [5, 5.41) is 4.54. The first-order valence-electron chi connectivity index (χ1n) is 10.9. The molecule has 0 saturated carbocycles. The number of amides is 2. The minimum absolute atomic E-state index is 0.0433. The lowest BCUT2D eigenvalue weighted by atomic mass is 9.99. The van der Waals surface area contributed by atoms with E-state index in [1.165, 1.54) is 11.8 Å². The largest absolute Gasteiger partial charge is 0.497 e. The van der Waals surface area contributed by atoms with Crippen molar-refractivity contribution in [2.45, 2.75) is 32.2 Å². The van der Waals surface area contributed by atoms with E-state index in [1.807, 2.05) is 43.3 Å². The third-order valence-corrected chi connectivity index (χ3v) is 6.24. The molecule has 2 rings (SSSR count). The molecule has 0 saturated heterocycles. The molecule has 10 nitrogen and oxygen atoms in total. The molecule has 0 aliphatic heterocycles. The highest BCUT2D eigenvalue weighted by molar-refractivity contribution is 8.13. The number of guanidine groups is 2. The number of rotatable bonds is 8. The van der Waals surface area contributed by atoms with Gasteiger partial charge in [-0.15, -0.1) is 0 Å². The molecule has 0 heterocycles. The number of carbonyl (C=O) groups excluding carboxylic acids is 3. The number of aliphatic imine (C=N–C) groups is 2. The van der Waals surface area contributed by atoms with Crippen LogP contribution in [0.25, 0.3) is 10.8 Å². The van der Waals surface area contributed by atoms with Crippen LogP contribution in [0.1, 0.15) is 31.7 Å². The Kier molecular flexibility index (Phi) is 10.1. The number of nitrogens with zero attached hydrogens (tertiary/aromatic N) is 3. The summed E-state index contributed by atoms with van der Waals surface area (Å²) in [5.41, 5.74) is 12.2. The Morgan fingerprint density at radius 1 is 1.09 bits per heavy atom. The monoisotopic (exact) mass is 500 g/mol. The normalized spacial score (nSPS) is 13.7. The number of fused-ring (bicyclic) bond motifs is 1. The number of hydrogen-bond donors (Lipinski definition) is 3. The lowest BCUT2D eigenvalue weighted by molar-refractivity contribution is -0.126. The highest BCUT2D eigenvalue weighted by Gasteiger charge is 2.22. The first kappa shape index (κ1) is 27.6. The smallest absolute Gasteiger partial charge is 0.271 e. The van der Waals surface area contributed by atoms with Gasteiger partial charge in [0.25, 0.3) is 5.91 Å². The van der Waals surface area contributed by atoms with Crippen LogP contribution in [0.4, 0.5) is 0 Å². The molecule has 11 heteroatoms. The molecular formula is C24H32N6O4S. The number of ether oxygens (including phenoxy) is 1. The fraction of sp³-hybridized carbons (Fsp3) is 0.375. The number of methoxy groups -OCH3 is 1. The summed E-state index contributed by atoms with van der Waals surface area (Å²) in [6.45, 7) is 3.14. The lowest BCUT2D eigenvalue weighted by Crippen LogP contribution is -2.40. The van der Waals surface area contributed by atoms with E-state index in [1.54, 1.807) is 21.2 Å². The number of nitrogens with two attached hydrogens (primary N) is 2. The molecule has 2 aromatic rings. The fourth-order valence-electron chi connectivity index (χ4n) is 3.11. The predicted molar refractivity (Wildman–Crippen MR) is 141 cm³/mol. The SMILES string of the molecule is COc1ccc2cc(C(C)C(=O)SCCC(NC(C)=O)C(=O)N=C(N)N=C(N)N(C)C)ccc2c1. The van der Waals surface area contributed by atoms with Crippen LogP contribution in [0.3, 0.4) is 0 Å². The van der Waals surface area contributed by atoms with E-state index in [9.17, 15) is 14.4 Å². The van der Waals surface area contributed by atoms with E-state index in [0.717, 1.165) is 33.8 Å². The third kappa shape index (κ3) is 8.29. The Balaban J connectivity index is 2.02. The Hall–Kier alpha value is -3.60. The Morgan fingerprint density at radius 2 is 1.74 bits per heavy atom. The summed E-state index contributed by atoms with van der Waals surface area (Å²) in [5.74, 6) is -0.569. The quantitative estimate of drug-likeness (QED) is 0.367. The van der Waals surface area contributed by atoms with Crippen LogP contribution in [0.5, 0.6) is 5.75 Å². The average Bonchev–Trinajstić information content (AvgIpc) is 2.81. The van der Waals surface area contributed by atoms with Crippen molar-refractivity contribution in [3.05, 3.63) is 42.0 Å². The predicted octanol–water partition coefficient (Wildman–Crippen LogP) is 1.82. The topological polar surface area (TPSA) is 152 Å². The zero-order valence-electron chi connectivity index (χ0n) is 20.6. The van der Waals surface area contributed by atoms with Gasteiger partial charge in [0.2, 0.25) is 11.9 Å². The van der Waals surface area contributed by atoms with Crippen LogP contribution in [-0.2, 0) is 14.4 Å². The van der Waals surface area contributed by atoms with E-state index in [2.05, 4.69) is 15.3 Å². The van der Waals surface area contributed by atoms with Crippen LogP contribution < -0.4 is 21.5 Å². The first-order valence-corrected chi connectivity index (χ1v) is 11.9. The number of thioether (sulfide) groups is 1. The second kappa shape index (κ2) is 12.7. The van der Waals surface area contributed by atoms with Gasteiger partial charge in [-0.2, -0.15) is 9.98 Å². The van der Waals surface area contributed by atoms with Gasteiger partial charge in [0.1, 0.15) is 11.8 Å². The standard InChI is InChI=1S/C24H32N6O4S/c1-14(16-6-7-18-13-19(34-5)9-8-17(18)12-16)22(33)35-11-10-20(27-15(2)31)21(32)28-23(25)29-24(26)30(3)4/h6-9,12-14,20H,10-11H2,1-5H3,(H,27,31)(H4,25,26,28,29,32). The van der Waals surface area contributed by atoms with Crippen molar-refractivity contribution < 1.29 is 19.1 Å². The minimum Gasteiger partial charge on any atom is -0.497 e. The molecule has 2 unspecified atom stereocenters. The molecule has 0 radical (unpaired) electrons. The van der Waals surface area contributed by atoms with Crippen LogP contribution in [-0.4, -0.2) is 66.7 Å². The molecular weight excluding hydrogens is 468 g/mol.